The molecular weight excluding hydrogens is 206 g/mol. The number of carbonyl (C=O) groups excluding carboxylic acids is 1. The lowest BCUT2D eigenvalue weighted by molar-refractivity contribution is -0.140. The van der Waals surface area contributed by atoms with Gasteiger partial charge in [0, 0.05) is 18.4 Å². The van der Waals surface area contributed by atoms with E-state index in [2.05, 4.69) is 4.98 Å². The van der Waals surface area contributed by atoms with Gasteiger partial charge < -0.3 is 15.1 Å². The van der Waals surface area contributed by atoms with Gasteiger partial charge in [-0.3, -0.25) is 4.79 Å². The first kappa shape index (κ1) is 11.0. The van der Waals surface area contributed by atoms with Crippen LogP contribution in [0.25, 0.3) is 0 Å². The van der Waals surface area contributed by atoms with Crippen molar-refractivity contribution in [3.05, 3.63) is 11.5 Å². The number of rotatable bonds is 0. The lowest BCUT2D eigenvalue weighted by Crippen LogP contribution is -2.42. The Morgan fingerprint density at radius 1 is 1.50 bits per heavy atom. The van der Waals surface area contributed by atoms with Crippen LogP contribution in [0.2, 0.25) is 0 Å². The second kappa shape index (κ2) is 3.50. The molecule has 0 saturated heterocycles. The predicted octanol–water partition coefficient (Wildman–Crippen LogP) is 1.19. The van der Waals surface area contributed by atoms with Crippen molar-refractivity contribution in [1.29, 1.82) is 0 Å². The minimum atomic E-state index is -0.354. The summed E-state index contributed by atoms with van der Waals surface area (Å²) in [5.41, 5.74) is 5.92. The lowest BCUT2D eigenvalue weighted by Gasteiger charge is -2.31. The topological polar surface area (TPSA) is 72.4 Å². The maximum absolute atomic E-state index is 12.1. The molecule has 88 valence electrons. The van der Waals surface area contributed by atoms with Crippen LogP contribution >= 0.6 is 0 Å². The summed E-state index contributed by atoms with van der Waals surface area (Å²) < 4.78 is 5.25. The molecule has 1 aromatic heterocycles. The van der Waals surface area contributed by atoms with Crippen molar-refractivity contribution < 1.29 is 9.21 Å². The molecule has 5 nitrogen and oxygen atoms in total. The standard InChI is InChI=1S/C11H17N3O2/c1-11(2,3)9(15)14-5-4-8-7(6-14)13-10(12)16-8/h4-6H2,1-3H3,(H2,12,13). The van der Waals surface area contributed by atoms with Crippen LogP contribution in [0.1, 0.15) is 32.2 Å². The van der Waals surface area contributed by atoms with Gasteiger partial charge in [-0.25, -0.2) is 0 Å². The maximum Gasteiger partial charge on any atom is 0.292 e. The van der Waals surface area contributed by atoms with Crippen molar-refractivity contribution in [3.63, 3.8) is 0 Å². The Morgan fingerprint density at radius 2 is 2.19 bits per heavy atom. The van der Waals surface area contributed by atoms with Crippen molar-refractivity contribution in [3.8, 4) is 0 Å². The summed E-state index contributed by atoms with van der Waals surface area (Å²) in [4.78, 5) is 18.0. The highest BCUT2D eigenvalue weighted by atomic mass is 16.4. The number of hydrogen-bond acceptors (Lipinski definition) is 4. The van der Waals surface area contributed by atoms with Crippen molar-refractivity contribution in [2.24, 2.45) is 5.41 Å². The molecule has 2 N–H and O–H groups in total. The van der Waals surface area contributed by atoms with Crippen LogP contribution < -0.4 is 5.73 Å². The number of carbonyl (C=O) groups is 1. The summed E-state index contributed by atoms with van der Waals surface area (Å²) in [5, 5.41) is 0. The van der Waals surface area contributed by atoms with E-state index in [0.29, 0.717) is 19.5 Å². The van der Waals surface area contributed by atoms with E-state index in [-0.39, 0.29) is 17.3 Å². The number of oxazole rings is 1. The molecule has 16 heavy (non-hydrogen) atoms. The van der Waals surface area contributed by atoms with E-state index in [1.54, 1.807) is 0 Å². The Balaban J connectivity index is 2.17. The largest absolute Gasteiger partial charge is 0.428 e. The zero-order chi connectivity index (χ0) is 11.9. The summed E-state index contributed by atoms with van der Waals surface area (Å²) in [7, 11) is 0. The van der Waals surface area contributed by atoms with Gasteiger partial charge in [0.05, 0.1) is 6.54 Å². The molecule has 0 fully saturated rings. The number of hydrogen-bond donors (Lipinski definition) is 1. The van der Waals surface area contributed by atoms with Gasteiger partial charge >= 0.3 is 0 Å². The molecule has 5 heteroatoms. The van der Waals surface area contributed by atoms with Crippen LogP contribution in [0.3, 0.4) is 0 Å². The van der Waals surface area contributed by atoms with Gasteiger partial charge in [-0.1, -0.05) is 20.8 Å². The van der Waals surface area contributed by atoms with Crippen molar-refractivity contribution >= 4 is 11.9 Å². The molecule has 1 aromatic rings. The van der Waals surface area contributed by atoms with E-state index in [9.17, 15) is 4.79 Å². The molecule has 2 heterocycles. The van der Waals surface area contributed by atoms with E-state index in [1.807, 2.05) is 25.7 Å². The number of fused-ring (bicyclic) bond motifs is 1. The van der Waals surface area contributed by atoms with Gasteiger partial charge in [0.1, 0.15) is 11.5 Å². The molecule has 0 unspecified atom stereocenters. The van der Waals surface area contributed by atoms with Crippen LogP contribution in [0, 0.1) is 5.41 Å². The van der Waals surface area contributed by atoms with Gasteiger partial charge in [0.25, 0.3) is 6.01 Å². The van der Waals surface area contributed by atoms with Gasteiger partial charge in [0.2, 0.25) is 5.91 Å². The van der Waals surface area contributed by atoms with Gasteiger partial charge in [-0.05, 0) is 0 Å². The molecule has 0 bridgehead atoms. The minimum Gasteiger partial charge on any atom is -0.428 e. The van der Waals surface area contributed by atoms with E-state index < -0.39 is 0 Å². The Kier molecular flexibility index (Phi) is 2.40. The average Bonchev–Trinajstić information content (AvgIpc) is 2.54. The summed E-state index contributed by atoms with van der Waals surface area (Å²) in [6.45, 7) is 6.94. The quantitative estimate of drug-likeness (QED) is 0.717. The van der Waals surface area contributed by atoms with Crippen LogP contribution in [0.4, 0.5) is 6.01 Å². The molecule has 0 spiro atoms. The van der Waals surface area contributed by atoms with Crippen LogP contribution in [0.15, 0.2) is 4.42 Å². The molecule has 1 aliphatic heterocycles. The number of nitrogen functional groups attached to an aromatic ring is 1. The van der Waals surface area contributed by atoms with Crippen LogP contribution in [0.5, 0.6) is 0 Å². The zero-order valence-corrected chi connectivity index (χ0v) is 9.91. The summed E-state index contributed by atoms with van der Waals surface area (Å²) in [5.74, 6) is 0.954. The first-order valence-electron chi connectivity index (χ1n) is 5.41. The number of amides is 1. The second-order valence-electron chi connectivity index (χ2n) is 5.15. The molecule has 0 radical (unpaired) electrons. The Bertz CT molecular complexity index is 417. The average molecular weight is 223 g/mol. The SMILES string of the molecule is CC(C)(C)C(=O)N1CCc2oc(N)nc2C1. The number of aromatic nitrogens is 1. The molecule has 0 atom stereocenters. The van der Waals surface area contributed by atoms with Crippen molar-refractivity contribution in [1.82, 2.24) is 9.88 Å². The third kappa shape index (κ3) is 1.89. The van der Waals surface area contributed by atoms with Crippen LogP contribution in [-0.2, 0) is 17.8 Å². The fourth-order valence-electron chi connectivity index (χ4n) is 1.87. The summed E-state index contributed by atoms with van der Waals surface area (Å²) >= 11 is 0. The monoisotopic (exact) mass is 223 g/mol. The smallest absolute Gasteiger partial charge is 0.292 e. The molecule has 0 aromatic carbocycles. The third-order valence-corrected chi connectivity index (χ3v) is 2.67. The van der Waals surface area contributed by atoms with E-state index in [1.165, 1.54) is 0 Å². The number of nitrogens with two attached hydrogens (primary N) is 1. The highest BCUT2D eigenvalue weighted by Gasteiger charge is 2.31. The number of anilines is 1. The predicted molar refractivity (Wildman–Crippen MR) is 59.5 cm³/mol. The maximum atomic E-state index is 12.1. The molecule has 1 aliphatic rings. The minimum absolute atomic E-state index is 0.139. The van der Waals surface area contributed by atoms with E-state index in [0.717, 1.165) is 11.5 Å². The Labute approximate surface area is 94.6 Å². The molecule has 2 rings (SSSR count). The second-order valence-corrected chi connectivity index (χ2v) is 5.15. The molecule has 1 amide bonds. The van der Waals surface area contributed by atoms with Crippen LogP contribution in [-0.4, -0.2) is 22.3 Å². The molecular formula is C11H17N3O2. The summed E-state index contributed by atoms with van der Waals surface area (Å²) in [6.07, 6.45) is 0.696. The van der Waals surface area contributed by atoms with Crippen molar-refractivity contribution in [2.45, 2.75) is 33.7 Å². The van der Waals surface area contributed by atoms with E-state index >= 15 is 0 Å². The normalized spacial score (nSPS) is 16.1. The fraction of sp³-hybridized carbons (Fsp3) is 0.636. The highest BCUT2D eigenvalue weighted by Crippen LogP contribution is 2.25. The molecule has 0 saturated carbocycles. The lowest BCUT2D eigenvalue weighted by atomic mass is 9.94. The first-order valence-corrected chi connectivity index (χ1v) is 5.41. The molecule has 0 aliphatic carbocycles. The Hall–Kier alpha value is -1.52. The third-order valence-electron chi connectivity index (χ3n) is 2.67. The van der Waals surface area contributed by atoms with Gasteiger partial charge in [-0.2, -0.15) is 4.98 Å². The van der Waals surface area contributed by atoms with E-state index in [4.69, 9.17) is 10.2 Å². The highest BCUT2D eigenvalue weighted by molar-refractivity contribution is 5.81. The number of nitrogens with zero attached hydrogens (tertiary/aromatic N) is 2. The zero-order valence-electron chi connectivity index (χ0n) is 9.91. The van der Waals surface area contributed by atoms with Gasteiger partial charge in [-0.15, -0.1) is 0 Å². The fourth-order valence-corrected chi connectivity index (χ4v) is 1.87. The first-order chi connectivity index (χ1) is 7.38. The van der Waals surface area contributed by atoms with Crippen molar-refractivity contribution in [2.75, 3.05) is 12.3 Å². The van der Waals surface area contributed by atoms with Gasteiger partial charge in [0.15, 0.2) is 0 Å². The summed E-state index contributed by atoms with van der Waals surface area (Å²) in [6, 6.07) is 0.190. The Morgan fingerprint density at radius 3 is 2.81 bits per heavy atom.